The minimum absolute atomic E-state index is 0.372. The van der Waals surface area contributed by atoms with E-state index in [2.05, 4.69) is 5.10 Å². The van der Waals surface area contributed by atoms with Gasteiger partial charge in [0, 0.05) is 10.9 Å². The van der Waals surface area contributed by atoms with Crippen LogP contribution < -0.4 is 5.73 Å². The second-order valence-corrected chi connectivity index (χ2v) is 5.22. The van der Waals surface area contributed by atoms with Gasteiger partial charge in [-0.25, -0.2) is 0 Å². The summed E-state index contributed by atoms with van der Waals surface area (Å²) in [5, 5.41) is 6.26. The van der Waals surface area contributed by atoms with E-state index in [-0.39, 0.29) is 0 Å². The summed E-state index contributed by atoms with van der Waals surface area (Å²) < 4.78 is 7.70. The quantitative estimate of drug-likeness (QED) is 0.804. The fourth-order valence-electron chi connectivity index (χ4n) is 2.47. The molecule has 0 aliphatic heterocycles. The van der Waals surface area contributed by atoms with Crippen LogP contribution in [0.4, 0.5) is 0 Å². The van der Waals surface area contributed by atoms with Crippen molar-refractivity contribution >= 4 is 22.6 Å². The Morgan fingerprint density at radius 1 is 1.30 bits per heavy atom. The van der Waals surface area contributed by atoms with Gasteiger partial charge < -0.3 is 10.2 Å². The number of hydrogen-bond acceptors (Lipinski definition) is 3. The van der Waals surface area contributed by atoms with Gasteiger partial charge in [-0.3, -0.25) is 4.68 Å². The molecular formula is C15H16ClN3O. The second kappa shape index (κ2) is 4.96. The molecule has 0 unspecified atom stereocenters. The molecule has 20 heavy (non-hydrogen) atoms. The van der Waals surface area contributed by atoms with Crippen molar-refractivity contribution in [2.45, 2.75) is 26.9 Å². The molecule has 104 valence electrons. The Bertz CT molecular complexity index is 773. The van der Waals surface area contributed by atoms with E-state index in [0.717, 1.165) is 33.7 Å². The number of aryl methyl sites for hydroxylation is 1. The summed E-state index contributed by atoms with van der Waals surface area (Å²) >= 11 is 6.20. The first-order valence-electron chi connectivity index (χ1n) is 6.50. The van der Waals surface area contributed by atoms with Crippen LogP contribution >= 0.6 is 11.6 Å². The van der Waals surface area contributed by atoms with E-state index in [4.69, 9.17) is 21.8 Å². The summed E-state index contributed by atoms with van der Waals surface area (Å²) in [5.41, 5.74) is 9.52. The number of fused-ring (bicyclic) bond motifs is 1. The van der Waals surface area contributed by atoms with Crippen molar-refractivity contribution in [2.24, 2.45) is 5.73 Å². The minimum Gasteiger partial charge on any atom is -0.459 e. The summed E-state index contributed by atoms with van der Waals surface area (Å²) in [7, 11) is 0. The largest absolute Gasteiger partial charge is 0.459 e. The third-order valence-corrected chi connectivity index (χ3v) is 4.12. The zero-order valence-electron chi connectivity index (χ0n) is 11.5. The zero-order chi connectivity index (χ0) is 14.3. The maximum Gasteiger partial charge on any atom is 0.134 e. The first-order valence-corrected chi connectivity index (χ1v) is 6.88. The molecule has 0 saturated heterocycles. The average molecular weight is 290 g/mol. The van der Waals surface area contributed by atoms with Crippen molar-refractivity contribution in [3.8, 4) is 0 Å². The number of furan rings is 1. The SMILES string of the molecule is Cc1nn(Cc2c(CN)oc3ccccc23)c(C)c1Cl. The van der Waals surface area contributed by atoms with Gasteiger partial charge in [-0.05, 0) is 19.9 Å². The maximum atomic E-state index is 6.20. The summed E-state index contributed by atoms with van der Waals surface area (Å²) in [4.78, 5) is 0. The molecule has 3 aromatic rings. The summed E-state index contributed by atoms with van der Waals surface area (Å²) in [6, 6.07) is 7.94. The van der Waals surface area contributed by atoms with Gasteiger partial charge in [0.2, 0.25) is 0 Å². The fraction of sp³-hybridized carbons (Fsp3) is 0.267. The van der Waals surface area contributed by atoms with Crippen molar-refractivity contribution in [2.75, 3.05) is 0 Å². The van der Waals surface area contributed by atoms with Gasteiger partial charge in [-0.2, -0.15) is 5.10 Å². The lowest BCUT2D eigenvalue weighted by atomic mass is 10.1. The summed E-state index contributed by atoms with van der Waals surface area (Å²) in [5.74, 6) is 0.801. The van der Waals surface area contributed by atoms with Crippen LogP contribution in [-0.2, 0) is 13.1 Å². The molecule has 2 N–H and O–H groups in total. The standard InChI is InChI=1S/C15H16ClN3O/c1-9-15(16)10(2)19(18-9)8-12-11-5-3-4-6-13(11)20-14(12)7-17/h3-6H,7-8,17H2,1-2H3. The summed E-state index contributed by atoms with van der Waals surface area (Å²) in [6.07, 6.45) is 0. The van der Waals surface area contributed by atoms with Crippen LogP contribution in [0.15, 0.2) is 28.7 Å². The number of nitrogens with zero attached hydrogens (tertiary/aromatic N) is 2. The lowest BCUT2D eigenvalue weighted by Crippen LogP contribution is -2.07. The van der Waals surface area contributed by atoms with Crippen molar-refractivity contribution < 1.29 is 4.42 Å². The highest BCUT2D eigenvalue weighted by Crippen LogP contribution is 2.28. The normalized spacial score (nSPS) is 11.4. The number of hydrogen-bond donors (Lipinski definition) is 1. The van der Waals surface area contributed by atoms with Gasteiger partial charge in [-0.15, -0.1) is 0 Å². The fourth-order valence-corrected chi connectivity index (χ4v) is 2.60. The molecule has 0 aliphatic rings. The predicted molar refractivity (Wildman–Crippen MR) is 79.9 cm³/mol. The predicted octanol–water partition coefficient (Wildman–Crippen LogP) is 3.41. The van der Waals surface area contributed by atoms with Gasteiger partial charge in [-0.1, -0.05) is 29.8 Å². The van der Waals surface area contributed by atoms with E-state index in [1.54, 1.807) is 0 Å². The van der Waals surface area contributed by atoms with E-state index in [1.807, 2.05) is 42.8 Å². The van der Waals surface area contributed by atoms with Crippen LogP contribution in [0.2, 0.25) is 5.02 Å². The van der Waals surface area contributed by atoms with Crippen molar-refractivity contribution in [3.63, 3.8) is 0 Å². The smallest absolute Gasteiger partial charge is 0.134 e. The maximum absolute atomic E-state index is 6.20. The van der Waals surface area contributed by atoms with Crippen LogP contribution in [0.5, 0.6) is 0 Å². The zero-order valence-corrected chi connectivity index (χ0v) is 12.2. The van der Waals surface area contributed by atoms with Crippen LogP contribution in [0.25, 0.3) is 11.0 Å². The van der Waals surface area contributed by atoms with Crippen LogP contribution in [0.1, 0.15) is 22.7 Å². The number of rotatable bonds is 3. The minimum atomic E-state index is 0.372. The first-order chi connectivity index (χ1) is 9.61. The molecule has 0 radical (unpaired) electrons. The summed E-state index contributed by atoms with van der Waals surface area (Å²) in [6.45, 7) is 4.86. The second-order valence-electron chi connectivity index (χ2n) is 4.85. The van der Waals surface area contributed by atoms with E-state index in [9.17, 15) is 0 Å². The third kappa shape index (κ3) is 2.01. The van der Waals surface area contributed by atoms with Crippen molar-refractivity contribution in [1.29, 1.82) is 0 Å². The topological polar surface area (TPSA) is 57.0 Å². The van der Waals surface area contributed by atoms with Gasteiger partial charge in [0.05, 0.1) is 29.5 Å². The number of benzene rings is 1. The Morgan fingerprint density at radius 3 is 2.70 bits per heavy atom. The Balaban J connectivity index is 2.12. The Morgan fingerprint density at radius 2 is 2.05 bits per heavy atom. The Labute approximate surface area is 122 Å². The molecule has 0 fully saturated rings. The molecule has 2 heterocycles. The van der Waals surface area contributed by atoms with Crippen molar-refractivity contribution in [3.05, 3.63) is 52.0 Å². The van der Waals surface area contributed by atoms with Gasteiger partial charge in [0.15, 0.2) is 0 Å². The Hall–Kier alpha value is -1.78. The molecule has 3 rings (SSSR count). The van der Waals surface area contributed by atoms with E-state index in [1.165, 1.54) is 0 Å². The molecule has 4 nitrogen and oxygen atoms in total. The molecule has 0 saturated carbocycles. The number of nitrogens with two attached hydrogens (primary N) is 1. The molecule has 0 atom stereocenters. The van der Waals surface area contributed by atoms with Crippen LogP contribution in [-0.4, -0.2) is 9.78 Å². The first kappa shape index (κ1) is 13.2. The van der Waals surface area contributed by atoms with E-state index < -0.39 is 0 Å². The van der Waals surface area contributed by atoms with Gasteiger partial charge in [0.25, 0.3) is 0 Å². The molecule has 1 aromatic carbocycles. The molecule has 0 spiro atoms. The van der Waals surface area contributed by atoms with Crippen LogP contribution in [0.3, 0.4) is 0 Å². The molecular weight excluding hydrogens is 274 g/mol. The highest BCUT2D eigenvalue weighted by molar-refractivity contribution is 6.31. The monoisotopic (exact) mass is 289 g/mol. The van der Waals surface area contributed by atoms with E-state index >= 15 is 0 Å². The number of para-hydroxylation sites is 1. The number of aromatic nitrogens is 2. The highest BCUT2D eigenvalue weighted by atomic mass is 35.5. The van der Waals surface area contributed by atoms with Crippen molar-refractivity contribution in [1.82, 2.24) is 9.78 Å². The molecule has 0 bridgehead atoms. The highest BCUT2D eigenvalue weighted by Gasteiger charge is 2.16. The van der Waals surface area contributed by atoms with Crippen LogP contribution in [0, 0.1) is 13.8 Å². The molecule has 0 amide bonds. The lowest BCUT2D eigenvalue weighted by Gasteiger charge is -2.05. The lowest BCUT2D eigenvalue weighted by molar-refractivity contribution is 0.537. The molecule has 2 aromatic heterocycles. The average Bonchev–Trinajstić information content (AvgIpc) is 2.93. The third-order valence-electron chi connectivity index (χ3n) is 3.57. The Kier molecular flexibility index (Phi) is 3.28. The molecule has 0 aliphatic carbocycles. The van der Waals surface area contributed by atoms with Gasteiger partial charge >= 0.3 is 0 Å². The van der Waals surface area contributed by atoms with Gasteiger partial charge in [0.1, 0.15) is 11.3 Å². The van der Waals surface area contributed by atoms with E-state index in [0.29, 0.717) is 18.1 Å². The number of halogens is 1. The molecule has 5 heteroatoms.